The van der Waals surface area contributed by atoms with Gasteiger partial charge in [0.15, 0.2) is 4.80 Å². The molecule has 2 amide bonds. The number of carbonyl (C=O) groups excluding carboxylic acids is 2. The lowest BCUT2D eigenvalue weighted by Crippen LogP contribution is -2.40. The van der Waals surface area contributed by atoms with E-state index in [-0.39, 0.29) is 17.6 Å². The third-order valence-electron chi connectivity index (χ3n) is 4.58. The fourth-order valence-electron chi connectivity index (χ4n) is 3.25. The van der Waals surface area contributed by atoms with E-state index in [1.54, 1.807) is 6.07 Å². The molecule has 1 fully saturated rings. The number of carbonyl (C=O) groups is 2. The van der Waals surface area contributed by atoms with E-state index in [4.69, 9.17) is 18.0 Å². The van der Waals surface area contributed by atoms with E-state index < -0.39 is 0 Å². The van der Waals surface area contributed by atoms with Gasteiger partial charge in [-0.2, -0.15) is 4.99 Å². The maximum atomic E-state index is 12.3. The molecule has 5 nitrogen and oxygen atoms in total. The van der Waals surface area contributed by atoms with Gasteiger partial charge in [0.1, 0.15) is 0 Å². The van der Waals surface area contributed by atoms with Crippen LogP contribution in [-0.4, -0.2) is 45.9 Å². The molecule has 1 saturated heterocycles. The Morgan fingerprint density at radius 1 is 1.43 bits per heavy atom. The second kappa shape index (κ2) is 9.64. The fourth-order valence-corrected chi connectivity index (χ4v) is 5.27. The quantitative estimate of drug-likeness (QED) is 0.676. The van der Waals surface area contributed by atoms with E-state index in [2.05, 4.69) is 17.8 Å². The predicted octanol–water partition coefficient (Wildman–Crippen LogP) is 3.41. The van der Waals surface area contributed by atoms with E-state index in [9.17, 15) is 9.59 Å². The lowest BCUT2D eigenvalue weighted by molar-refractivity contribution is -0.130. The number of piperidine rings is 1. The zero-order chi connectivity index (χ0) is 20.1. The molecule has 28 heavy (non-hydrogen) atoms. The highest BCUT2D eigenvalue weighted by Gasteiger charge is 2.20. The number of nitrogens with zero attached hydrogens (tertiary/aromatic N) is 3. The third-order valence-corrected chi connectivity index (χ3v) is 6.75. The molecule has 8 heteroatoms. The maximum absolute atomic E-state index is 12.3. The zero-order valence-electron chi connectivity index (χ0n) is 15.7. The molecule has 2 aromatic rings. The third kappa shape index (κ3) is 5.19. The largest absolute Gasteiger partial charge is 0.342 e. The maximum Gasteiger partial charge on any atom is 0.258 e. The first-order valence-corrected chi connectivity index (χ1v) is 11.5. The van der Waals surface area contributed by atoms with Crippen molar-refractivity contribution in [3.63, 3.8) is 0 Å². The molecular formula is C20H22ClN3O2S2. The molecule has 0 N–H and O–H groups in total. The molecule has 1 aliphatic rings. The lowest BCUT2D eigenvalue weighted by atomic mass is 10.0. The van der Waals surface area contributed by atoms with Crippen LogP contribution in [0.1, 0.15) is 19.8 Å². The van der Waals surface area contributed by atoms with Crippen LogP contribution in [0.3, 0.4) is 0 Å². The normalized spacial score (nSPS) is 17.7. The Balaban J connectivity index is 1.65. The number of amides is 2. The molecule has 3 rings (SSSR count). The van der Waals surface area contributed by atoms with Crippen molar-refractivity contribution in [1.29, 1.82) is 0 Å². The number of aromatic nitrogens is 1. The van der Waals surface area contributed by atoms with Crippen LogP contribution < -0.4 is 4.80 Å². The van der Waals surface area contributed by atoms with Gasteiger partial charge in [-0.3, -0.25) is 9.59 Å². The number of halogens is 1. The van der Waals surface area contributed by atoms with E-state index in [0.29, 0.717) is 28.0 Å². The minimum absolute atomic E-state index is 0.100. The number of rotatable bonds is 5. The molecule has 0 bridgehead atoms. The summed E-state index contributed by atoms with van der Waals surface area (Å²) in [5, 5.41) is 0.626. The van der Waals surface area contributed by atoms with Gasteiger partial charge in [-0.15, -0.1) is 18.2 Å². The smallest absolute Gasteiger partial charge is 0.258 e. The Kier molecular flexibility index (Phi) is 7.22. The van der Waals surface area contributed by atoms with Crippen molar-refractivity contribution in [3.8, 4) is 12.3 Å². The fraction of sp³-hybridized carbons (Fsp3) is 0.450. The van der Waals surface area contributed by atoms with Gasteiger partial charge in [0.25, 0.3) is 5.91 Å². The highest BCUT2D eigenvalue weighted by molar-refractivity contribution is 8.00. The number of thiazole rings is 1. The zero-order valence-corrected chi connectivity index (χ0v) is 18.1. The summed E-state index contributed by atoms with van der Waals surface area (Å²) in [4.78, 5) is 31.3. The molecule has 0 spiro atoms. The first kappa shape index (κ1) is 21.0. The predicted molar refractivity (Wildman–Crippen MR) is 117 cm³/mol. The second-order valence-corrected chi connectivity index (χ2v) is 9.30. The minimum atomic E-state index is -0.270. The summed E-state index contributed by atoms with van der Waals surface area (Å²) < 4.78 is 2.76. The topological polar surface area (TPSA) is 54.7 Å². The first-order valence-electron chi connectivity index (χ1n) is 9.13. The van der Waals surface area contributed by atoms with Crippen LogP contribution in [0.15, 0.2) is 23.2 Å². The van der Waals surface area contributed by atoms with Crippen LogP contribution in [0.5, 0.6) is 0 Å². The van der Waals surface area contributed by atoms with Crippen molar-refractivity contribution in [2.24, 2.45) is 10.9 Å². The number of fused-ring (bicyclic) bond motifs is 1. The van der Waals surface area contributed by atoms with Crippen LogP contribution in [0.25, 0.3) is 10.2 Å². The average Bonchev–Trinajstić information content (AvgIpc) is 2.98. The molecule has 0 radical (unpaired) electrons. The highest BCUT2D eigenvalue weighted by atomic mass is 35.5. The SMILES string of the molecule is C#CCn1c(=NC(=O)CSCC(=O)N2CCCC(C)C2)sc2cc(Cl)ccc21. The van der Waals surface area contributed by atoms with E-state index >= 15 is 0 Å². The number of terminal acetylenes is 1. The molecule has 1 unspecified atom stereocenters. The molecule has 1 atom stereocenters. The van der Waals surface area contributed by atoms with Gasteiger partial charge in [0, 0.05) is 18.1 Å². The van der Waals surface area contributed by atoms with Crippen LogP contribution >= 0.6 is 34.7 Å². The van der Waals surface area contributed by atoms with Crippen molar-refractivity contribution in [3.05, 3.63) is 28.0 Å². The van der Waals surface area contributed by atoms with Gasteiger partial charge in [0.2, 0.25) is 5.91 Å². The second-order valence-electron chi connectivity index (χ2n) is 6.87. The van der Waals surface area contributed by atoms with Crippen molar-refractivity contribution >= 4 is 56.7 Å². The summed E-state index contributed by atoms with van der Waals surface area (Å²) in [5.74, 6) is 3.45. The van der Waals surface area contributed by atoms with Gasteiger partial charge >= 0.3 is 0 Å². The van der Waals surface area contributed by atoms with Crippen molar-refractivity contribution in [2.75, 3.05) is 24.6 Å². The van der Waals surface area contributed by atoms with Gasteiger partial charge in [-0.25, -0.2) is 0 Å². The summed E-state index contributed by atoms with van der Waals surface area (Å²) in [6.07, 6.45) is 7.69. The van der Waals surface area contributed by atoms with Gasteiger partial charge in [-0.05, 0) is 37.0 Å². The van der Waals surface area contributed by atoms with Crippen LogP contribution in [0.2, 0.25) is 5.02 Å². The van der Waals surface area contributed by atoms with Crippen molar-refractivity contribution in [2.45, 2.75) is 26.3 Å². The molecule has 0 saturated carbocycles. The molecule has 1 aromatic carbocycles. The molecule has 1 aliphatic heterocycles. The van der Waals surface area contributed by atoms with Gasteiger partial charge < -0.3 is 9.47 Å². The Hall–Kier alpha value is -1.75. The van der Waals surface area contributed by atoms with Crippen molar-refractivity contribution < 1.29 is 9.59 Å². The molecule has 148 valence electrons. The number of likely N-dealkylation sites (tertiary alicyclic amines) is 1. The van der Waals surface area contributed by atoms with E-state index in [1.165, 1.54) is 29.5 Å². The van der Waals surface area contributed by atoms with E-state index in [1.807, 2.05) is 21.6 Å². The summed E-state index contributed by atoms with van der Waals surface area (Å²) in [5.41, 5.74) is 0.904. The molecule has 2 heterocycles. The minimum Gasteiger partial charge on any atom is -0.342 e. The lowest BCUT2D eigenvalue weighted by Gasteiger charge is -2.30. The monoisotopic (exact) mass is 435 g/mol. The van der Waals surface area contributed by atoms with E-state index in [0.717, 1.165) is 29.7 Å². The highest BCUT2D eigenvalue weighted by Crippen LogP contribution is 2.22. The Morgan fingerprint density at radius 2 is 2.25 bits per heavy atom. The Morgan fingerprint density at radius 3 is 3.00 bits per heavy atom. The molecule has 1 aromatic heterocycles. The van der Waals surface area contributed by atoms with Crippen LogP contribution in [-0.2, 0) is 16.1 Å². The summed E-state index contributed by atoms with van der Waals surface area (Å²) in [6, 6.07) is 5.51. The van der Waals surface area contributed by atoms with Crippen molar-refractivity contribution in [1.82, 2.24) is 9.47 Å². The average molecular weight is 436 g/mol. The molecule has 0 aliphatic carbocycles. The number of thioether (sulfide) groups is 1. The number of hydrogen-bond acceptors (Lipinski definition) is 4. The van der Waals surface area contributed by atoms with Gasteiger partial charge in [0.05, 0.1) is 28.3 Å². The standard InChI is InChI=1S/C20H22ClN3O2S2/c1-3-8-24-16-7-6-15(21)10-17(16)28-20(24)22-18(25)12-27-13-19(26)23-9-4-5-14(2)11-23/h1,6-7,10,14H,4-5,8-9,11-13H2,2H3. The summed E-state index contributed by atoms with van der Waals surface area (Å²) in [7, 11) is 0. The van der Waals surface area contributed by atoms with Crippen LogP contribution in [0, 0.1) is 18.3 Å². The summed E-state index contributed by atoms with van der Waals surface area (Å²) in [6.45, 7) is 4.12. The number of benzene rings is 1. The van der Waals surface area contributed by atoms with Crippen LogP contribution in [0.4, 0.5) is 0 Å². The van der Waals surface area contributed by atoms with Gasteiger partial charge in [-0.1, -0.05) is 35.8 Å². The Labute approximate surface area is 177 Å². The number of hydrogen-bond donors (Lipinski definition) is 0. The first-order chi connectivity index (χ1) is 13.5. The molecular weight excluding hydrogens is 414 g/mol. The Bertz CT molecular complexity index is 989. The summed E-state index contributed by atoms with van der Waals surface area (Å²) >= 11 is 8.75.